The van der Waals surface area contributed by atoms with E-state index in [1.165, 1.54) is 16.7 Å². The summed E-state index contributed by atoms with van der Waals surface area (Å²) in [6, 6.07) is 7.46. The standard InChI is InChI=1S/C18H24N2O5S/c1-18(2,3)14(15(21)20-11-26-10-13(20)16(22)23)19-17(24)25-9-12-7-5-4-6-8-12/h4-8,13-14H,9-11H2,1-3H3,(H,19,24)(H,22,23)/t13-,14+/m0/s1. The Kier molecular flexibility index (Phi) is 6.52. The first-order valence-electron chi connectivity index (χ1n) is 8.28. The molecule has 2 amide bonds. The molecule has 1 aliphatic heterocycles. The minimum atomic E-state index is -1.04. The molecule has 1 aromatic carbocycles. The quantitative estimate of drug-likeness (QED) is 0.814. The van der Waals surface area contributed by atoms with Gasteiger partial charge in [0, 0.05) is 5.75 Å². The summed E-state index contributed by atoms with van der Waals surface area (Å²) in [4.78, 5) is 37.7. The van der Waals surface area contributed by atoms with Crippen LogP contribution in [0.4, 0.5) is 4.79 Å². The van der Waals surface area contributed by atoms with Crippen LogP contribution in [-0.2, 0) is 20.9 Å². The Hall–Kier alpha value is -2.22. The maximum absolute atomic E-state index is 12.9. The number of ether oxygens (including phenoxy) is 1. The summed E-state index contributed by atoms with van der Waals surface area (Å²) in [5.41, 5.74) is 0.238. The lowest BCUT2D eigenvalue weighted by atomic mass is 9.85. The van der Waals surface area contributed by atoms with E-state index in [1.54, 1.807) is 0 Å². The Bertz CT molecular complexity index is 659. The summed E-state index contributed by atoms with van der Waals surface area (Å²) in [5, 5.41) is 11.9. The molecule has 2 N–H and O–H groups in total. The summed E-state index contributed by atoms with van der Waals surface area (Å²) in [5.74, 6) is -0.811. The highest BCUT2D eigenvalue weighted by molar-refractivity contribution is 7.99. The predicted octanol–water partition coefficient (Wildman–Crippen LogP) is 2.31. The number of carbonyl (C=O) groups is 3. The van der Waals surface area contributed by atoms with E-state index >= 15 is 0 Å². The number of aliphatic carboxylic acids is 1. The van der Waals surface area contributed by atoms with Crippen LogP contribution in [0.3, 0.4) is 0 Å². The Morgan fingerprint density at radius 1 is 1.31 bits per heavy atom. The number of rotatable bonds is 5. The van der Waals surface area contributed by atoms with E-state index in [0.717, 1.165) is 5.56 Å². The first-order chi connectivity index (χ1) is 12.2. The largest absolute Gasteiger partial charge is 0.480 e. The number of carboxylic acid groups (broad SMARTS) is 1. The van der Waals surface area contributed by atoms with E-state index < -0.39 is 35.5 Å². The number of benzene rings is 1. The molecule has 0 aliphatic carbocycles. The molecule has 2 atom stereocenters. The fourth-order valence-electron chi connectivity index (χ4n) is 2.56. The molecule has 1 fully saturated rings. The lowest BCUT2D eigenvalue weighted by Crippen LogP contribution is -2.57. The molecule has 1 saturated heterocycles. The van der Waals surface area contributed by atoms with Crippen molar-refractivity contribution < 1.29 is 24.2 Å². The van der Waals surface area contributed by atoms with E-state index in [4.69, 9.17) is 4.74 Å². The minimum absolute atomic E-state index is 0.0923. The normalized spacial score (nSPS) is 18.3. The van der Waals surface area contributed by atoms with Crippen molar-refractivity contribution in [1.82, 2.24) is 10.2 Å². The molecule has 0 spiro atoms. The molecule has 7 nitrogen and oxygen atoms in total. The van der Waals surface area contributed by atoms with E-state index in [-0.39, 0.29) is 6.61 Å². The summed E-state index contributed by atoms with van der Waals surface area (Å²) < 4.78 is 5.20. The van der Waals surface area contributed by atoms with E-state index in [2.05, 4.69) is 5.32 Å². The molecule has 0 bridgehead atoms. The highest BCUT2D eigenvalue weighted by atomic mass is 32.2. The van der Waals surface area contributed by atoms with Crippen molar-refractivity contribution in [2.75, 3.05) is 11.6 Å². The molecule has 0 radical (unpaired) electrons. The number of alkyl carbamates (subject to hydrolysis) is 1. The van der Waals surface area contributed by atoms with Crippen molar-refractivity contribution in [3.05, 3.63) is 35.9 Å². The van der Waals surface area contributed by atoms with Crippen LogP contribution in [0.15, 0.2) is 30.3 Å². The first kappa shape index (κ1) is 20.1. The third-order valence-electron chi connectivity index (χ3n) is 4.04. The van der Waals surface area contributed by atoms with Gasteiger partial charge in [-0.15, -0.1) is 11.8 Å². The SMILES string of the molecule is CC(C)(C)[C@H](NC(=O)OCc1ccccc1)C(=O)N1CSC[C@H]1C(=O)O. The number of amides is 2. The second-order valence-electron chi connectivity index (χ2n) is 7.17. The van der Waals surface area contributed by atoms with Crippen molar-refractivity contribution in [2.45, 2.75) is 39.5 Å². The van der Waals surface area contributed by atoms with E-state index in [0.29, 0.717) is 11.6 Å². The van der Waals surface area contributed by atoms with Crippen molar-refractivity contribution in [2.24, 2.45) is 5.41 Å². The van der Waals surface area contributed by atoms with Gasteiger partial charge in [-0.1, -0.05) is 51.1 Å². The molecular weight excluding hydrogens is 356 g/mol. The highest BCUT2D eigenvalue weighted by Gasteiger charge is 2.42. The summed E-state index contributed by atoms with van der Waals surface area (Å²) in [6.45, 7) is 5.53. The van der Waals surface area contributed by atoms with Gasteiger partial charge in [0.15, 0.2) is 0 Å². The summed E-state index contributed by atoms with van der Waals surface area (Å²) in [6.07, 6.45) is -0.708. The van der Waals surface area contributed by atoms with E-state index in [9.17, 15) is 19.5 Å². The van der Waals surface area contributed by atoms with Crippen LogP contribution >= 0.6 is 11.8 Å². The van der Waals surface area contributed by atoms with Gasteiger partial charge in [-0.2, -0.15) is 0 Å². The van der Waals surface area contributed by atoms with Crippen LogP contribution in [0.5, 0.6) is 0 Å². The van der Waals surface area contributed by atoms with Crippen molar-refractivity contribution in [3.8, 4) is 0 Å². The number of carbonyl (C=O) groups excluding carboxylic acids is 2. The first-order valence-corrected chi connectivity index (χ1v) is 9.44. The van der Waals surface area contributed by atoms with Gasteiger partial charge in [0.05, 0.1) is 5.88 Å². The van der Waals surface area contributed by atoms with Gasteiger partial charge < -0.3 is 20.1 Å². The van der Waals surface area contributed by atoms with Gasteiger partial charge in [-0.3, -0.25) is 4.79 Å². The highest BCUT2D eigenvalue weighted by Crippen LogP contribution is 2.27. The van der Waals surface area contributed by atoms with Gasteiger partial charge in [-0.25, -0.2) is 9.59 Å². The number of nitrogens with zero attached hydrogens (tertiary/aromatic N) is 1. The fraction of sp³-hybridized carbons (Fsp3) is 0.500. The number of hydrogen-bond donors (Lipinski definition) is 2. The zero-order valence-corrected chi connectivity index (χ0v) is 15.9. The number of nitrogens with one attached hydrogen (secondary N) is 1. The molecule has 26 heavy (non-hydrogen) atoms. The number of hydrogen-bond acceptors (Lipinski definition) is 5. The Labute approximate surface area is 157 Å². The second-order valence-corrected chi connectivity index (χ2v) is 8.17. The monoisotopic (exact) mass is 380 g/mol. The van der Waals surface area contributed by atoms with Crippen LogP contribution in [0, 0.1) is 5.41 Å². The van der Waals surface area contributed by atoms with Gasteiger partial charge in [0.2, 0.25) is 5.91 Å². The smallest absolute Gasteiger partial charge is 0.408 e. The zero-order valence-electron chi connectivity index (χ0n) is 15.1. The number of thioether (sulfide) groups is 1. The maximum Gasteiger partial charge on any atom is 0.408 e. The molecule has 0 aromatic heterocycles. The Balaban J connectivity index is 2.04. The molecule has 0 unspecified atom stereocenters. The maximum atomic E-state index is 12.9. The van der Waals surface area contributed by atoms with E-state index in [1.807, 2.05) is 51.1 Å². The topological polar surface area (TPSA) is 95.9 Å². The number of carboxylic acids is 1. The second kappa shape index (κ2) is 8.44. The molecule has 1 aliphatic rings. The van der Waals surface area contributed by atoms with Crippen LogP contribution in [0.2, 0.25) is 0 Å². The Morgan fingerprint density at radius 3 is 2.54 bits per heavy atom. The molecule has 0 saturated carbocycles. The molecule has 2 rings (SSSR count). The third kappa shape index (κ3) is 5.14. The van der Waals surface area contributed by atoms with Crippen molar-refractivity contribution >= 4 is 29.7 Å². The molecule has 1 heterocycles. The van der Waals surface area contributed by atoms with Crippen LogP contribution in [0.25, 0.3) is 0 Å². The molecular formula is C18H24N2O5S. The third-order valence-corrected chi connectivity index (χ3v) is 5.05. The zero-order chi connectivity index (χ0) is 19.3. The minimum Gasteiger partial charge on any atom is -0.480 e. The van der Waals surface area contributed by atoms with Crippen LogP contribution in [-0.4, -0.2) is 51.7 Å². The van der Waals surface area contributed by atoms with Gasteiger partial charge >= 0.3 is 12.1 Å². The molecule has 142 valence electrons. The molecule has 8 heteroatoms. The average Bonchev–Trinajstić information content (AvgIpc) is 3.07. The lowest BCUT2D eigenvalue weighted by molar-refractivity contribution is -0.149. The van der Waals surface area contributed by atoms with Gasteiger partial charge in [-0.05, 0) is 11.0 Å². The van der Waals surface area contributed by atoms with Crippen molar-refractivity contribution in [3.63, 3.8) is 0 Å². The van der Waals surface area contributed by atoms with Gasteiger partial charge in [0.1, 0.15) is 18.7 Å². The van der Waals surface area contributed by atoms with Crippen LogP contribution < -0.4 is 5.32 Å². The predicted molar refractivity (Wildman–Crippen MR) is 98.6 cm³/mol. The van der Waals surface area contributed by atoms with Crippen LogP contribution in [0.1, 0.15) is 26.3 Å². The molecule has 1 aromatic rings. The van der Waals surface area contributed by atoms with Crippen molar-refractivity contribution in [1.29, 1.82) is 0 Å². The lowest BCUT2D eigenvalue weighted by Gasteiger charge is -2.34. The summed E-state index contributed by atoms with van der Waals surface area (Å²) >= 11 is 1.38. The fourth-order valence-corrected chi connectivity index (χ4v) is 3.72. The average molecular weight is 380 g/mol. The van der Waals surface area contributed by atoms with Gasteiger partial charge in [0.25, 0.3) is 0 Å². The Morgan fingerprint density at radius 2 is 1.96 bits per heavy atom. The summed E-state index contributed by atoms with van der Waals surface area (Å²) in [7, 11) is 0.